The molecule has 2 aliphatic heterocycles. The molecule has 50 heavy (non-hydrogen) atoms. The molecule has 0 radical (unpaired) electrons. The third-order valence-corrected chi connectivity index (χ3v) is 10.4. The number of fused-ring (bicyclic) bond motifs is 3. The number of alkyl halides is 3. The van der Waals surface area contributed by atoms with E-state index in [1.807, 2.05) is 4.90 Å². The van der Waals surface area contributed by atoms with Crippen LogP contribution < -0.4 is 10.1 Å². The maximum absolute atomic E-state index is 16.8. The number of ether oxygens (including phenoxy) is 2. The van der Waals surface area contributed by atoms with Crippen molar-refractivity contribution in [3.05, 3.63) is 52.6 Å². The van der Waals surface area contributed by atoms with Crippen LogP contribution >= 0.6 is 23.1 Å². The van der Waals surface area contributed by atoms with E-state index in [-0.39, 0.29) is 56.7 Å². The van der Waals surface area contributed by atoms with Gasteiger partial charge in [0.05, 0.1) is 21.4 Å². The van der Waals surface area contributed by atoms with Crippen LogP contribution in [0.5, 0.6) is 6.01 Å². The van der Waals surface area contributed by atoms with Gasteiger partial charge in [0.1, 0.15) is 39.6 Å². The van der Waals surface area contributed by atoms with E-state index < -0.39 is 68.9 Å². The number of nitrogens with one attached hydrogen (secondary N) is 1. The Morgan fingerprint density at radius 1 is 1.20 bits per heavy atom. The predicted molar refractivity (Wildman–Crippen MR) is 175 cm³/mol. The minimum Gasteiger partial charge on any atom is -0.461 e. The molecule has 4 heterocycles. The molecule has 2 aliphatic rings. The molecule has 2 saturated heterocycles. The molecule has 2 aromatic heterocycles. The van der Waals surface area contributed by atoms with Gasteiger partial charge in [-0.25, -0.2) is 13.6 Å². The van der Waals surface area contributed by atoms with Crippen LogP contribution in [0.3, 0.4) is 0 Å². The fraction of sp³-hybridized carbons (Fsp3) is 0.394. The topological polar surface area (TPSA) is 100 Å². The highest BCUT2D eigenvalue weighted by Crippen LogP contribution is 2.49. The summed E-state index contributed by atoms with van der Waals surface area (Å²) in [6.07, 6.45) is -5.02. The standard InChI is InChI=1S/C33H28F7N5O3S2/c1-31(2,3)48-30(46)44-28-18(12-41)21-16(6-7-20(34)25(21)50-28)22-19(33(38,39)40)10-17-24(23(22)35)42-29(43-27(17)49-4)47-14-32-8-5-9-45(32)13-15(11-32)26(36)37/h6-7,10H,5,8-9,11,13-14H2,1-4H3,(H,44,46)/t32-/m0/s1. The number of carbonyl (C=O) groups excluding carboxylic acids is 1. The Labute approximate surface area is 289 Å². The summed E-state index contributed by atoms with van der Waals surface area (Å²) in [6, 6.07) is 3.89. The SMILES string of the molecule is CSc1nc(OC[C@@]23CCCN2CC(=C(F)F)C3)nc2c(F)c(-c3ccc(F)c4sc(NC(=O)OC(C)(C)C)c(C#N)c34)c(C(F)(F)F)cc12. The molecular weight excluding hydrogens is 712 g/mol. The van der Waals surface area contributed by atoms with Crippen LogP contribution in [0.25, 0.3) is 32.1 Å². The molecule has 0 bridgehead atoms. The van der Waals surface area contributed by atoms with Gasteiger partial charge in [-0.2, -0.15) is 37.2 Å². The number of hydrogen-bond acceptors (Lipinski definition) is 9. The van der Waals surface area contributed by atoms with E-state index in [2.05, 4.69) is 15.3 Å². The summed E-state index contributed by atoms with van der Waals surface area (Å²) in [5.74, 6) is -2.36. The Balaban J connectivity index is 1.51. The summed E-state index contributed by atoms with van der Waals surface area (Å²) < 4.78 is 114. The fourth-order valence-corrected chi connectivity index (χ4v) is 8.14. The molecule has 4 aromatic rings. The summed E-state index contributed by atoms with van der Waals surface area (Å²) >= 11 is 1.50. The summed E-state index contributed by atoms with van der Waals surface area (Å²) in [4.78, 5) is 22.8. The average molecular weight is 740 g/mol. The summed E-state index contributed by atoms with van der Waals surface area (Å²) in [7, 11) is 0. The van der Waals surface area contributed by atoms with Gasteiger partial charge in [-0.15, -0.1) is 23.1 Å². The van der Waals surface area contributed by atoms with Crippen LogP contribution in [0.15, 0.2) is 34.9 Å². The first kappa shape index (κ1) is 35.7. The summed E-state index contributed by atoms with van der Waals surface area (Å²) in [5, 5.41) is 11.6. The molecular formula is C33H28F7N5O3S2. The van der Waals surface area contributed by atoms with E-state index in [0.29, 0.717) is 30.4 Å². The Morgan fingerprint density at radius 2 is 1.94 bits per heavy atom. The highest BCUT2D eigenvalue weighted by molar-refractivity contribution is 7.98. The van der Waals surface area contributed by atoms with Crippen LogP contribution in [0.2, 0.25) is 0 Å². The van der Waals surface area contributed by atoms with Crippen molar-refractivity contribution in [3.63, 3.8) is 0 Å². The monoisotopic (exact) mass is 739 g/mol. The van der Waals surface area contributed by atoms with Gasteiger partial charge in [-0.1, -0.05) is 6.07 Å². The number of nitriles is 1. The molecule has 0 aliphatic carbocycles. The number of anilines is 1. The summed E-state index contributed by atoms with van der Waals surface area (Å²) in [5.41, 5.74) is -5.56. The lowest BCUT2D eigenvalue weighted by Gasteiger charge is -2.30. The Morgan fingerprint density at radius 3 is 2.58 bits per heavy atom. The van der Waals surface area contributed by atoms with Gasteiger partial charge in [0, 0.05) is 28.5 Å². The van der Waals surface area contributed by atoms with Gasteiger partial charge in [-0.05, 0) is 70.5 Å². The Kier molecular flexibility index (Phi) is 9.19. The minimum absolute atomic E-state index is 0.00636. The van der Waals surface area contributed by atoms with Crippen molar-refractivity contribution in [2.24, 2.45) is 0 Å². The molecule has 264 valence electrons. The number of nitrogens with zero attached hydrogens (tertiary/aromatic N) is 4. The second-order valence-corrected chi connectivity index (χ2v) is 14.8. The third kappa shape index (κ3) is 6.44. The first-order valence-corrected chi connectivity index (χ1v) is 17.2. The number of aromatic nitrogens is 2. The van der Waals surface area contributed by atoms with Crippen LogP contribution in [-0.4, -0.2) is 58.1 Å². The number of rotatable bonds is 6. The van der Waals surface area contributed by atoms with E-state index in [9.17, 15) is 32.0 Å². The zero-order valence-corrected chi connectivity index (χ0v) is 28.6. The van der Waals surface area contributed by atoms with Crippen molar-refractivity contribution >= 4 is 55.2 Å². The quantitative estimate of drug-likeness (QED) is 0.119. The minimum atomic E-state index is -5.14. The maximum Gasteiger partial charge on any atom is 0.417 e. The predicted octanol–water partition coefficient (Wildman–Crippen LogP) is 9.52. The largest absolute Gasteiger partial charge is 0.461 e. The second kappa shape index (κ2) is 12.9. The summed E-state index contributed by atoms with van der Waals surface area (Å²) in [6.45, 7) is 5.29. The van der Waals surface area contributed by atoms with Crippen molar-refractivity contribution in [1.82, 2.24) is 14.9 Å². The molecule has 1 atom stereocenters. The van der Waals surface area contributed by atoms with Crippen molar-refractivity contribution < 1.29 is 45.0 Å². The number of hydrogen-bond donors (Lipinski definition) is 1. The number of halogens is 7. The van der Waals surface area contributed by atoms with Crippen molar-refractivity contribution in [3.8, 4) is 23.2 Å². The lowest BCUT2D eigenvalue weighted by molar-refractivity contribution is -0.137. The number of carbonyl (C=O) groups is 1. The zero-order valence-electron chi connectivity index (χ0n) is 27.0. The van der Waals surface area contributed by atoms with Gasteiger partial charge < -0.3 is 9.47 Å². The van der Waals surface area contributed by atoms with Crippen molar-refractivity contribution in [2.75, 3.05) is 31.3 Å². The van der Waals surface area contributed by atoms with E-state index >= 15 is 8.78 Å². The fourth-order valence-electron chi connectivity index (χ4n) is 6.52. The number of amides is 1. The number of thiophene rings is 1. The van der Waals surface area contributed by atoms with Gasteiger partial charge in [0.15, 0.2) is 5.82 Å². The first-order chi connectivity index (χ1) is 23.5. The Bertz CT molecular complexity index is 2120. The molecule has 8 nitrogen and oxygen atoms in total. The lowest BCUT2D eigenvalue weighted by atomic mass is 9.92. The highest BCUT2D eigenvalue weighted by atomic mass is 32.2. The van der Waals surface area contributed by atoms with Crippen LogP contribution in [0.4, 0.5) is 40.5 Å². The molecule has 2 aromatic carbocycles. The first-order valence-electron chi connectivity index (χ1n) is 15.2. The van der Waals surface area contributed by atoms with Gasteiger partial charge in [0.25, 0.3) is 6.08 Å². The highest BCUT2D eigenvalue weighted by Gasteiger charge is 2.48. The molecule has 0 spiro atoms. The smallest absolute Gasteiger partial charge is 0.417 e. The maximum atomic E-state index is 16.8. The second-order valence-electron chi connectivity index (χ2n) is 12.9. The van der Waals surface area contributed by atoms with Gasteiger partial charge in [0.2, 0.25) is 0 Å². The molecule has 1 amide bonds. The van der Waals surface area contributed by atoms with Crippen LogP contribution in [-0.2, 0) is 10.9 Å². The third-order valence-electron chi connectivity index (χ3n) is 8.56. The van der Waals surface area contributed by atoms with Crippen LogP contribution in [0, 0.1) is 23.0 Å². The lowest BCUT2D eigenvalue weighted by Crippen LogP contribution is -2.43. The Hall–Kier alpha value is -4.14. The van der Waals surface area contributed by atoms with Crippen molar-refractivity contribution in [1.29, 1.82) is 5.26 Å². The number of thioether (sulfide) groups is 1. The van der Waals surface area contributed by atoms with E-state index in [1.165, 1.54) is 6.26 Å². The zero-order chi connectivity index (χ0) is 36.3. The molecule has 2 fully saturated rings. The van der Waals surface area contributed by atoms with Gasteiger partial charge in [-0.3, -0.25) is 10.2 Å². The average Bonchev–Trinajstić information content (AvgIpc) is 3.70. The van der Waals surface area contributed by atoms with Gasteiger partial charge >= 0.3 is 18.3 Å². The van der Waals surface area contributed by atoms with E-state index in [1.54, 1.807) is 26.8 Å². The molecule has 1 N–H and O–H groups in total. The van der Waals surface area contributed by atoms with Crippen molar-refractivity contribution in [2.45, 2.75) is 62.4 Å². The molecule has 6 rings (SSSR count). The number of benzene rings is 2. The van der Waals surface area contributed by atoms with Crippen LogP contribution in [0.1, 0.15) is 51.2 Å². The van der Waals surface area contributed by atoms with E-state index in [4.69, 9.17) is 9.47 Å². The normalized spacial score (nSPS) is 18.1. The molecule has 17 heteroatoms. The molecule has 0 saturated carbocycles. The molecule has 0 unspecified atom stereocenters. The van der Waals surface area contributed by atoms with E-state index in [0.717, 1.165) is 30.3 Å².